The van der Waals surface area contributed by atoms with Crippen LogP contribution in [0.4, 0.5) is 5.82 Å². The van der Waals surface area contributed by atoms with Crippen LogP contribution in [0.2, 0.25) is 0 Å². The van der Waals surface area contributed by atoms with Crippen LogP contribution < -0.4 is 10.4 Å². The lowest BCUT2D eigenvalue weighted by molar-refractivity contribution is 0.245. The van der Waals surface area contributed by atoms with E-state index in [9.17, 15) is 0 Å². The Kier molecular flexibility index (Phi) is 5.99. The Balaban J connectivity index is 0.00000100. The van der Waals surface area contributed by atoms with Crippen LogP contribution in [0.15, 0.2) is 24.4 Å². The monoisotopic (exact) mass is 325 g/mol. The van der Waals surface area contributed by atoms with Gasteiger partial charge in [0, 0.05) is 25.7 Å². The molecule has 0 bridgehead atoms. The lowest BCUT2D eigenvalue weighted by atomic mass is 10.1. The Bertz CT molecular complexity index is 699. The molecule has 1 aliphatic heterocycles. The molecule has 0 saturated carbocycles. The predicted molar refractivity (Wildman–Crippen MR) is 97.9 cm³/mol. The fourth-order valence-corrected chi connectivity index (χ4v) is 2.73. The van der Waals surface area contributed by atoms with Crippen LogP contribution in [0.25, 0.3) is 11.3 Å². The van der Waals surface area contributed by atoms with Gasteiger partial charge < -0.3 is 14.4 Å². The SMILES string of the molecule is CC.CCn1c(-c2c#cccc2)cnc(N2CC(N(C)C)C2)c1=N. The molecule has 5 heteroatoms. The molecule has 2 aromatic rings. The molecule has 24 heavy (non-hydrogen) atoms. The van der Waals surface area contributed by atoms with Gasteiger partial charge in [-0.3, -0.25) is 5.41 Å². The number of aromatic nitrogens is 2. The van der Waals surface area contributed by atoms with Crippen LogP contribution >= 0.6 is 0 Å². The first-order valence-electron chi connectivity index (χ1n) is 8.56. The first-order chi connectivity index (χ1) is 11.6. The van der Waals surface area contributed by atoms with Crippen molar-refractivity contribution < 1.29 is 0 Å². The van der Waals surface area contributed by atoms with Gasteiger partial charge in [0.2, 0.25) is 0 Å². The fourth-order valence-electron chi connectivity index (χ4n) is 2.73. The highest BCUT2D eigenvalue weighted by molar-refractivity contribution is 5.58. The second-order valence-electron chi connectivity index (χ2n) is 5.79. The van der Waals surface area contributed by atoms with E-state index in [4.69, 9.17) is 5.41 Å². The Morgan fingerprint density at radius 1 is 1.33 bits per heavy atom. The summed E-state index contributed by atoms with van der Waals surface area (Å²) in [6.07, 6.45) is 1.85. The smallest absolute Gasteiger partial charge is 0.171 e. The van der Waals surface area contributed by atoms with Crippen molar-refractivity contribution in [1.29, 1.82) is 5.41 Å². The van der Waals surface area contributed by atoms with E-state index in [0.717, 1.165) is 36.7 Å². The topological polar surface area (TPSA) is 48.2 Å². The summed E-state index contributed by atoms with van der Waals surface area (Å²) in [6, 6.07) is 12.3. The first-order valence-corrected chi connectivity index (χ1v) is 8.56. The summed E-state index contributed by atoms with van der Waals surface area (Å²) >= 11 is 0. The summed E-state index contributed by atoms with van der Waals surface area (Å²) in [5, 5.41) is 8.50. The summed E-state index contributed by atoms with van der Waals surface area (Å²) in [5.74, 6) is 0.767. The van der Waals surface area contributed by atoms with Gasteiger partial charge in [0.05, 0.1) is 17.5 Å². The van der Waals surface area contributed by atoms with Crippen molar-refractivity contribution in [2.45, 2.75) is 33.4 Å². The van der Waals surface area contributed by atoms with Crippen molar-refractivity contribution in [3.63, 3.8) is 0 Å². The third-order valence-electron chi connectivity index (χ3n) is 4.22. The number of hydrogen-bond acceptors (Lipinski definition) is 4. The van der Waals surface area contributed by atoms with Crippen LogP contribution in [0, 0.1) is 17.5 Å². The first kappa shape index (κ1) is 18.0. The van der Waals surface area contributed by atoms with Gasteiger partial charge in [0.15, 0.2) is 11.3 Å². The number of hydrogen-bond donors (Lipinski definition) is 1. The molecule has 0 radical (unpaired) electrons. The Labute approximate surface area is 145 Å². The van der Waals surface area contributed by atoms with Gasteiger partial charge in [-0.05, 0) is 33.2 Å². The van der Waals surface area contributed by atoms with Gasteiger partial charge in [-0.25, -0.2) is 4.98 Å². The fraction of sp³-hybridized carbons (Fsp3) is 0.474. The van der Waals surface area contributed by atoms with Crippen LogP contribution in [-0.4, -0.2) is 47.7 Å². The number of nitrogens with one attached hydrogen (secondary N) is 1. The van der Waals surface area contributed by atoms with E-state index in [0.29, 0.717) is 11.5 Å². The third-order valence-corrected chi connectivity index (χ3v) is 4.22. The molecule has 1 N–H and O–H groups in total. The minimum Gasteiger partial charge on any atom is -0.350 e. The van der Waals surface area contributed by atoms with Gasteiger partial charge in [0.25, 0.3) is 0 Å². The molecule has 1 aromatic carbocycles. The average molecular weight is 325 g/mol. The highest BCUT2D eigenvalue weighted by atomic mass is 15.3. The van der Waals surface area contributed by atoms with Gasteiger partial charge in [-0.2, -0.15) is 0 Å². The highest BCUT2D eigenvalue weighted by Gasteiger charge is 2.30. The second-order valence-corrected chi connectivity index (χ2v) is 5.79. The maximum atomic E-state index is 8.50. The summed E-state index contributed by atoms with van der Waals surface area (Å²) in [5.41, 5.74) is 2.30. The van der Waals surface area contributed by atoms with Crippen molar-refractivity contribution >= 4 is 5.82 Å². The van der Waals surface area contributed by atoms with E-state index < -0.39 is 0 Å². The van der Waals surface area contributed by atoms with E-state index in [2.05, 4.69) is 47.9 Å². The molecule has 1 aliphatic rings. The zero-order valence-corrected chi connectivity index (χ0v) is 15.3. The molecule has 3 rings (SSSR count). The molecule has 0 unspecified atom stereocenters. The molecule has 0 aliphatic carbocycles. The molecule has 1 aromatic heterocycles. The number of rotatable bonds is 4. The molecule has 0 spiro atoms. The van der Waals surface area contributed by atoms with Crippen molar-refractivity contribution in [3.05, 3.63) is 42.0 Å². The van der Waals surface area contributed by atoms with Crippen LogP contribution in [0.3, 0.4) is 0 Å². The van der Waals surface area contributed by atoms with Crippen molar-refractivity contribution in [1.82, 2.24) is 14.5 Å². The standard InChI is InChI=1S/C17H21N5.C2H6/c1-4-22-15(13-8-6-5-7-9-13)10-19-17(16(22)18)21-11-14(12-21)20(2)3;1-2/h5-6,8,10,14,18H,4,11-12H2,1-3H3;1-2H3. The van der Waals surface area contributed by atoms with E-state index in [1.165, 1.54) is 0 Å². The Morgan fingerprint density at radius 2 is 2.04 bits per heavy atom. The van der Waals surface area contributed by atoms with Gasteiger partial charge in [-0.15, -0.1) is 0 Å². The number of nitrogens with zero attached hydrogens (tertiary/aromatic N) is 4. The maximum absolute atomic E-state index is 8.50. The van der Waals surface area contributed by atoms with Gasteiger partial charge in [0.1, 0.15) is 0 Å². The molecule has 0 amide bonds. The molecule has 0 atom stereocenters. The summed E-state index contributed by atoms with van der Waals surface area (Å²) in [6.45, 7) is 8.65. The third kappa shape index (κ3) is 3.44. The van der Waals surface area contributed by atoms with Crippen LogP contribution in [0.5, 0.6) is 0 Å². The molecular formula is C19H27N5. The normalized spacial score (nSPS) is 13.8. The minimum atomic E-state index is 0.467. The number of likely N-dealkylation sites (N-methyl/N-ethyl adjacent to an activating group) is 1. The molecule has 5 nitrogen and oxygen atoms in total. The number of anilines is 1. The zero-order chi connectivity index (χ0) is 17.7. The molecule has 2 heterocycles. The lowest BCUT2D eigenvalue weighted by Crippen LogP contribution is -2.59. The maximum Gasteiger partial charge on any atom is 0.171 e. The molecule has 1 fully saturated rings. The second kappa shape index (κ2) is 7.98. The summed E-state index contributed by atoms with van der Waals surface area (Å²) in [7, 11) is 4.18. The van der Waals surface area contributed by atoms with E-state index in [1.54, 1.807) is 0 Å². The van der Waals surface area contributed by atoms with Crippen molar-refractivity contribution in [3.8, 4) is 11.3 Å². The summed E-state index contributed by atoms with van der Waals surface area (Å²) in [4.78, 5) is 8.93. The zero-order valence-electron chi connectivity index (χ0n) is 15.3. The average Bonchev–Trinajstić information content (AvgIpc) is 2.57. The Hall–Kier alpha value is -2.32. The highest BCUT2D eigenvalue weighted by Crippen LogP contribution is 2.20. The molecule has 128 valence electrons. The van der Waals surface area contributed by atoms with Crippen LogP contribution in [0.1, 0.15) is 20.8 Å². The Morgan fingerprint density at radius 3 is 2.58 bits per heavy atom. The van der Waals surface area contributed by atoms with E-state index in [1.807, 2.05) is 42.8 Å². The predicted octanol–water partition coefficient (Wildman–Crippen LogP) is 2.43. The largest absolute Gasteiger partial charge is 0.350 e. The molecular weight excluding hydrogens is 298 g/mol. The lowest BCUT2D eigenvalue weighted by Gasteiger charge is -2.43. The summed E-state index contributed by atoms with van der Waals surface area (Å²) < 4.78 is 1.98. The van der Waals surface area contributed by atoms with Crippen molar-refractivity contribution in [2.75, 3.05) is 32.1 Å². The molecule has 1 saturated heterocycles. The van der Waals surface area contributed by atoms with E-state index >= 15 is 0 Å². The van der Waals surface area contributed by atoms with E-state index in [-0.39, 0.29) is 0 Å². The van der Waals surface area contributed by atoms with Gasteiger partial charge in [-0.1, -0.05) is 32.0 Å². The van der Waals surface area contributed by atoms with Crippen molar-refractivity contribution in [2.24, 2.45) is 0 Å². The van der Waals surface area contributed by atoms with Crippen LogP contribution in [-0.2, 0) is 6.54 Å². The quantitative estimate of drug-likeness (QED) is 0.939. The minimum absolute atomic E-state index is 0.467. The van der Waals surface area contributed by atoms with Gasteiger partial charge >= 0.3 is 0 Å².